The molecule has 8 heteroatoms. The molecule has 1 spiro atoms. The second-order valence-corrected chi connectivity index (χ2v) is 8.68. The van der Waals surface area contributed by atoms with E-state index in [0.29, 0.717) is 31.9 Å². The van der Waals surface area contributed by atoms with E-state index >= 15 is 0 Å². The molecule has 5 rings (SSSR count). The molecule has 0 bridgehead atoms. The Morgan fingerprint density at radius 2 is 1.84 bits per heavy atom. The van der Waals surface area contributed by atoms with Gasteiger partial charge >= 0.3 is 6.18 Å². The maximum absolute atomic E-state index is 13.4. The zero-order valence-corrected chi connectivity index (χ0v) is 17.5. The van der Waals surface area contributed by atoms with E-state index in [1.807, 2.05) is 35.4 Å². The van der Waals surface area contributed by atoms with E-state index in [4.69, 9.17) is 0 Å². The first-order valence-corrected chi connectivity index (χ1v) is 10.7. The maximum atomic E-state index is 13.4. The van der Waals surface area contributed by atoms with Crippen LogP contribution < -0.4 is 9.80 Å². The summed E-state index contributed by atoms with van der Waals surface area (Å²) in [6.07, 6.45) is 2.37. The molecule has 166 valence electrons. The van der Waals surface area contributed by atoms with Gasteiger partial charge in [0.15, 0.2) is 5.78 Å². The molecular formula is C24H23F3N4O. The van der Waals surface area contributed by atoms with Crippen molar-refractivity contribution < 1.29 is 18.0 Å². The van der Waals surface area contributed by atoms with Crippen LogP contribution in [0.4, 0.5) is 24.7 Å². The summed E-state index contributed by atoms with van der Waals surface area (Å²) in [5.41, 5.74) is -0.210. The van der Waals surface area contributed by atoms with Gasteiger partial charge in [-0.25, -0.2) is 4.98 Å². The fourth-order valence-electron chi connectivity index (χ4n) is 5.00. The summed E-state index contributed by atoms with van der Waals surface area (Å²) in [5.74, 6) is 0.681. The lowest BCUT2D eigenvalue weighted by molar-refractivity contribution is -0.137. The molecule has 0 saturated carbocycles. The Balaban J connectivity index is 1.34. The number of hydrogen-bond donors (Lipinski definition) is 0. The first-order chi connectivity index (χ1) is 15.4. The zero-order chi connectivity index (χ0) is 22.3. The van der Waals surface area contributed by atoms with E-state index in [1.54, 1.807) is 6.20 Å². The normalized spacial score (nSPS) is 22.0. The van der Waals surface area contributed by atoms with E-state index in [1.165, 1.54) is 6.07 Å². The van der Waals surface area contributed by atoms with E-state index in [0.717, 1.165) is 48.1 Å². The third-order valence-electron chi connectivity index (χ3n) is 6.76. The molecule has 2 saturated heterocycles. The third-order valence-corrected chi connectivity index (χ3v) is 6.76. The number of alkyl halides is 3. The van der Waals surface area contributed by atoms with Gasteiger partial charge in [-0.1, -0.05) is 12.1 Å². The van der Waals surface area contributed by atoms with Crippen LogP contribution in [-0.4, -0.2) is 41.9 Å². The molecule has 0 N–H and O–H groups in total. The first-order valence-electron chi connectivity index (χ1n) is 10.7. The average Bonchev–Trinajstić information content (AvgIpc) is 2.80. The number of rotatable bonds is 2. The Labute approximate surface area is 183 Å². The average molecular weight is 440 g/mol. The van der Waals surface area contributed by atoms with Crippen LogP contribution in [0.15, 0.2) is 55.0 Å². The number of pyridine rings is 2. The van der Waals surface area contributed by atoms with Gasteiger partial charge in [-0.3, -0.25) is 9.78 Å². The minimum atomic E-state index is -4.41. The molecule has 0 amide bonds. The molecule has 2 fully saturated rings. The highest BCUT2D eigenvalue weighted by Gasteiger charge is 2.45. The Kier molecular flexibility index (Phi) is 5.03. The second kappa shape index (κ2) is 7.76. The molecule has 0 radical (unpaired) electrons. The molecule has 3 aromatic rings. The Hall–Kier alpha value is -3.16. The monoisotopic (exact) mass is 440 g/mol. The summed E-state index contributed by atoms with van der Waals surface area (Å²) in [6.45, 7) is 2.27. The van der Waals surface area contributed by atoms with Crippen LogP contribution in [0.3, 0.4) is 0 Å². The molecule has 2 aromatic heterocycles. The number of ketones is 1. The topological polar surface area (TPSA) is 49.3 Å². The zero-order valence-electron chi connectivity index (χ0n) is 17.5. The van der Waals surface area contributed by atoms with Crippen LogP contribution in [0.2, 0.25) is 0 Å². The molecule has 5 nitrogen and oxygen atoms in total. The summed E-state index contributed by atoms with van der Waals surface area (Å²) in [7, 11) is 0. The summed E-state index contributed by atoms with van der Waals surface area (Å²) in [4.78, 5) is 25.7. The number of Topliss-reactive ketones (excluding diaryl/α,β-unsaturated/α-hetero) is 1. The molecule has 0 aliphatic carbocycles. The number of anilines is 2. The van der Waals surface area contributed by atoms with Gasteiger partial charge in [0.05, 0.1) is 17.5 Å². The SMILES string of the molecule is O=C1CN(c2cccc3cnccc23)CC[C@@]12CCCN(c1ccc(C(F)(F)F)cn1)C2. The summed E-state index contributed by atoms with van der Waals surface area (Å²) in [6, 6.07) is 10.5. The number of fused-ring (bicyclic) bond motifs is 1. The van der Waals surface area contributed by atoms with Crippen molar-refractivity contribution in [1.82, 2.24) is 9.97 Å². The molecular weight excluding hydrogens is 417 g/mol. The predicted octanol–water partition coefficient (Wildman–Crippen LogP) is 4.71. The quantitative estimate of drug-likeness (QED) is 0.578. The van der Waals surface area contributed by atoms with Gasteiger partial charge in [-0.05, 0) is 43.5 Å². The Morgan fingerprint density at radius 3 is 2.59 bits per heavy atom. The van der Waals surface area contributed by atoms with E-state index < -0.39 is 17.2 Å². The summed E-state index contributed by atoms with van der Waals surface area (Å²) >= 11 is 0. The Morgan fingerprint density at radius 1 is 0.969 bits per heavy atom. The van der Waals surface area contributed by atoms with Gasteiger partial charge in [0, 0.05) is 54.7 Å². The largest absolute Gasteiger partial charge is 0.417 e. The van der Waals surface area contributed by atoms with Crippen molar-refractivity contribution in [3.63, 3.8) is 0 Å². The first kappa shape index (κ1) is 20.7. The molecule has 32 heavy (non-hydrogen) atoms. The van der Waals surface area contributed by atoms with Crippen LogP contribution in [0.1, 0.15) is 24.8 Å². The lowest BCUT2D eigenvalue weighted by Crippen LogP contribution is -2.56. The van der Waals surface area contributed by atoms with E-state index in [9.17, 15) is 18.0 Å². The van der Waals surface area contributed by atoms with E-state index in [2.05, 4.69) is 14.9 Å². The number of piperidine rings is 2. The summed E-state index contributed by atoms with van der Waals surface area (Å²) < 4.78 is 38.6. The second-order valence-electron chi connectivity index (χ2n) is 8.68. The standard InChI is InChI=1S/C24H23F3N4O/c25-24(26,27)18-5-6-22(29-14-18)31-11-2-8-23(16-31)9-12-30(15-21(23)32)20-4-1-3-17-13-28-10-7-19(17)20/h1,3-7,10,13-14H,2,8-9,11-12,15-16H2/t23-/m1/s1. The third kappa shape index (κ3) is 3.67. The van der Waals surface area contributed by atoms with Crippen molar-refractivity contribution in [1.29, 1.82) is 0 Å². The number of benzene rings is 1. The minimum absolute atomic E-state index is 0.187. The van der Waals surface area contributed by atoms with Gasteiger partial charge in [0.1, 0.15) is 5.82 Å². The van der Waals surface area contributed by atoms with Crippen molar-refractivity contribution in [3.8, 4) is 0 Å². The van der Waals surface area contributed by atoms with Crippen molar-refractivity contribution in [2.45, 2.75) is 25.4 Å². The van der Waals surface area contributed by atoms with Crippen molar-refractivity contribution in [3.05, 3.63) is 60.6 Å². The molecule has 0 unspecified atom stereocenters. The van der Waals surface area contributed by atoms with Crippen LogP contribution >= 0.6 is 0 Å². The smallest absolute Gasteiger partial charge is 0.364 e. The van der Waals surface area contributed by atoms with E-state index in [-0.39, 0.29) is 5.78 Å². The van der Waals surface area contributed by atoms with Gasteiger partial charge < -0.3 is 9.80 Å². The number of carbonyl (C=O) groups excluding carboxylic acids is 1. The number of nitrogens with zero attached hydrogens (tertiary/aromatic N) is 4. The minimum Gasteiger partial charge on any atom is -0.364 e. The highest BCUT2D eigenvalue weighted by Crippen LogP contribution is 2.41. The molecule has 4 heterocycles. The Bertz CT molecular complexity index is 1140. The highest BCUT2D eigenvalue weighted by molar-refractivity contribution is 5.97. The number of carbonyl (C=O) groups is 1. The molecule has 2 aliphatic heterocycles. The van der Waals surface area contributed by atoms with Gasteiger partial charge in [0.25, 0.3) is 0 Å². The van der Waals surface area contributed by atoms with Crippen LogP contribution in [0.25, 0.3) is 10.8 Å². The molecule has 1 atom stereocenters. The lowest BCUT2D eigenvalue weighted by Gasteiger charge is -2.47. The molecule has 1 aromatic carbocycles. The van der Waals surface area contributed by atoms with Crippen LogP contribution in [-0.2, 0) is 11.0 Å². The number of halogens is 3. The summed E-state index contributed by atoms with van der Waals surface area (Å²) in [5, 5.41) is 2.11. The van der Waals surface area contributed by atoms with Gasteiger partial charge in [-0.15, -0.1) is 0 Å². The predicted molar refractivity (Wildman–Crippen MR) is 117 cm³/mol. The van der Waals surface area contributed by atoms with Crippen LogP contribution in [0.5, 0.6) is 0 Å². The number of hydrogen-bond acceptors (Lipinski definition) is 5. The fourth-order valence-corrected chi connectivity index (χ4v) is 5.00. The fraction of sp³-hybridized carbons (Fsp3) is 0.375. The van der Waals surface area contributed by atoms with Crippen molar-refractivity contribution in [2.75, 3.05) is 36.0 Å². The van der Waals surface area contributed by atoms with Crippen molar-refractivity contribution >= 4 is 28.1 Å². The lowest BCUT2D eigenvalue weighted by atomic mass is 9.71. The van der Waals surface area contributed by atoms with Crippen molar-refractivity contribution in [2.24, 2.45) is 5.41 Å². The molecule has 2 aliphatic rings. The number of aromatic nitrogens is 2. The van der Waals surface area contributed by atoms with Gasteiger partial charge in [0.2, 0.25) is 0 Å². The maximum Gasteiger partial charge on any atom is 0.417 e. The van der Waals surface area contributed by atoms with Gasteiger partial charge in [-0.2, -0.15) is 13.2 Å². The van der Waals surface area contributed by atoms with Crippen LogP contribution in [0, 0.1) is 5.41 Å². The highest BCUT2D eigenvalue weighted by atomic mass is 19.4.